The number of rotatable bonds is 19. The van der Waals surface area contributed by atoms with Crippen molar-refractivity contribution in [1.29, 1.82) is 0 Å². The van der Waals surface area contributed by atoms with Crippen LogP contribution in [0, 0.1) is 20.8 Å². The Bertz CT molecular complexity index is 2290. The molecule has 0 saturated carbocycles. The van der Waals surface area contributed by atoms with Crippen molar-refractivity contribution in [3.05, 3.63) is 142 Å². The molecule has 5 aromatic rings. The molecule has 10 nitrogen and oxygen atoms in total. The van der Waals surface area contributed by atoms with Gasteiger partial charge < -0.3 is 39.5 Å². The monoisotopic (exact) mass is 888 g/mol. The second kappa shape index (κ2) is 28.4. The Morgan fingerprint density at radius 1 is 0.477 bits per heavy atom. The van der Waals surface area contributed by atoms with E-state index in [-0.39, 0.29) is 28.8 Å². The van der Waals surface area contributed by atoms with E-state index in [1.54, 1.807) is 44.2 Å². The van der Waals surface area contributed by atoms with E-state index in [1.807, 2.05) is 75.4 Å². The first-order valence-electron chi connectivity index (χ1n) is 22.6. The Hall–Kier alpha value is -6.42. The molecule has 0 spiro atoms. The smallest absolute Gasteiger partial charge is 0.231 e. The number of ether oxygens (including phenoxy) is 2. The summed E-state index contributed by atoms with van der Waals surface area (Å²) in [6.45, 7) is 11.3. The van der Waals surface area contributed by atoms with E-state index in [0.717, 1.165) is 82.5 Å². The van der Waals surface area contributed by atoms with Crippen LogP contribution in [-0.2, 0) is 40.1 Å². The zero-order valence-electron chi connectivity index (χ0n) is 39.1. The van der Waals surface area contributed by atoms with Gasteiger partial charge in [-0.3, -0.25) is 9.59 Å². The van der Waals surface area contributed by atoms with Crippen molar-refractivity contribution in [2.45, 2.75) is 131 Å². The Kier molecular flexibility index (Phi) is 23.1. The van der Waals surface area contributed by atoms with E-state index in [0.29, 0.717) is 61.7 Å². The van der Waals surface area contributed by atoms with Crippen LogP contribution < -0.4 is 9.47 Å². The molecule has 65 heavy (non-hydrogen) atoms. The average Bonchev–Trinajstić information content (AvgIpc) is 3.76. The number of aromatic hydroxyl groups is 4. The second-order valence-electron chi connectivity index (χ2n) is 16.6. The van der Waals surface area contributed by atoms with Crippen molar-refractivity contribution in [1.82, 2.24) is 0 Å². The van der Waals surface area contributed by atoms with Gasteiger partial charge in [-0.25, -0.2) is 0 Å². The summed E-state index contributed by atoms with van der Waals surface area (Å²) < 4.78 is 10.4. The molecule has 0 bridgehead atoms. The lowest BCUT2D eigenvalue weighted by molar-refractivity contribution is -0.119. The maximum absolute atomic E-state index is 12.0. The highest BCUT2D eigenvalue weighted by Crippen LogP contribution is 2.33. The van der Waals surface area contributed by atoms with Gasteiger partial charge in [0.25, 0.3) is 0 Å². The van der Waals surface area contributed by atoms with Crippen LogP contribution in [0.25, 0.3) is 0 Å². The van der Waals surface area contributed by atoms with Gasteiger partial charge >= 0.3 is 0 Å². The summed E-state index contributed by atoms with van der Waals surface area (Å²) >= 11 is 0. The zero-order valence-corrected chi connectivity index (χ0v) is 39.1. The summed E-state index contributed by atoms with van der Waals surface area (Å²) in [6, 6.07) is 28.4. The van der Waals surface area contributed by atoms with Crippen molar-refractivity contribution >= 4 is 23.1 Å². The summed E-state index contributed by atoms with van der Waals surface area (Å²) in [4.78, 5) is 45.2. The third-order valence-electron chi connectivity index (χ3n) is 10.8. The fourth-order valence-corrected chi connectivity index (χ4v) is 6.74. The first-order valence-corrected chi connectivity index (χ1v) is 22.6. The molecule has 0 aliphatic carbocycles. The largest absolute Gasteiger partial charge is 0.508 e. The molecule has 0 atom stereocenters. The van der Waals surface area contributed by atoms with Gasteiger partial charge in [0.1, 0.15) is 40.3 Å². The highest BCUT2D eigenvalue weighted by atomic mass is 16.7. The first-order chi connectivity index (χ1) is 31.0. The molecular formula is C55H68O10. The number of ketones is 4. The van der Waals surface area contributed by atoms with Crippen molar-refractivity contribution in [3.63, 3.8) is 0 Å². The summed E-state index contributed by atoms with van der Waals surface area (Å²) in [5.74, 6) is 3.46. The van der Waals surface area contributed by atoms with E-state index < -0.39 is 0 Å². The van der Waals surface area contributed by atoms with Gasteiger partial charge in [-0.1, -0.05) is 75.1 Å². The molecule has 0 fully saturated rings. The van der Waals surface area contributed by atoms with Gasteiger partial charge in [0.15, 0.2) is 17.3 Å². The number of carbonyl (C=O) groups excluding carboxylic acids is 4. The van der Waals surface area contributed by atoms with Crippen molar-refractivity contribution < 1.29 is 49.1 Å². The molecule has 6 rings (SSSR count). The van der Waals surface area contributed by atoms with E-state index >= 15 is 0 Å². The van der Waals surface area contributed by atoms with Crippen LogP contribution in [0.2, 0.25) is 0 Å². The van der Waals surface area contributed by atoms with Gasteiger partial charge in [-0.2, -0.15) is 0 Å². The van der Waals surface area contributed by atoms with E-state index in [1.165, 1.54) is 37.8 Å². The minimum atomic E-state index is 0.0470. The number of hydrogen-bond acceptors (Lipinski definition) is 10. The predicted octanol–water partition coefficient (Wildman–Crippen LogP) is 11.9. The number of phenolic OH excluding ortho intramolecular Hbond substituents is 4. The summed E-state index contributed by atoms with van der Waals surface area (Å²) in [5, 5.41) is 37.3. The average molecular weight is 889 g/mol. The molecule has 0 saturated heterocycles. The number of fused-ring (bicyclic) bond motifs is 1. The van der Waals surface area contributed by atoms with Crippen LogP contribution in [0.3, 0.4) is 0 Å². The van der Waals surface area contributed by atoms with Gasteiger partial charge in [-0.15, -0.1) is 0 Å². The SMILES string of the molecule is CC(=O)CCc1ccc(O)c(C)c1.CC(=O)CCc1ccc2c(c1)OCO2.CCCCCCCC(=O)CCc1ccc(O)c(C)c1.Cc1cc(CCC(=O)c2ccc(O)cc2)ccc1O. The fourth-order valence-electron chi connectivity index (χ4n) is 6.74. The first kappa shape index (κ1) is 52.9. The zero-order chi connectivity index (χ0) is 47.7. The third-order valence-corrected chi connectivity index (χ3v) is 10.8. The number of unbranched alkanes of at least 4 members (excludes halogenated alkanes) is 4. The Balaban J connectivity index is 0.000000233. The highest BCUT2D eigenvalue weighted by molar-refractivity contribution is 5.96. The van der Waals surface area contributed by atoms with Gasteiger partial charge in [0.2, 0.25) is 6.79 Å². The standard InChI is InChI=1S/C17H26O2.C16H16O3.C11H12O3.C11H14O2/c1-3-4-5-6-7-8-16(18)11-9-15-10-12-17(19)14(2)13-15;1-11-10-12(2-8-15(11)18)3-9-16(19)13-4-6-14(17)7-5-13;1-8(12)2-3-9-4-5-10-11(6-9)14-7-13-10;1-8-7-10(4-3-9(2)12)5-6-11(8)13/h10,12-13,19H,3-9,11H2,1-2H3;2,4-8,10,17-18H,3,9H2,1H3;4-6H,2-3,7H2,1H3;5-7,13H,3-4H2,1-2H3. The van der Waals surface area contributed by atoms with Crippen LogP contribution in [0.4, 0.5) is 0 Å². The Morgan fingerprint density at radius 3 is 1.38 bits per heavy atom. The number of hydrogen-bond donors (Lipinski definition) is 4. The number of Topliss-reactive ketones (excluding diaryl/α,β-unsaturated/α-hetero) is 4. The Morgan fingerprint density at radius 2 is 0.908 bits per heavy atom. The molecule has 348 valence electrons. The molecule has 0 unspecified atom stereocenters. The molecule has 1 aliphatic heterocycles. The lowest BCUT2D eigenvalue weighted by atomic mass is 10.0. The molecule has 1 heterocycles. The van der Waals surface area contributed by atoms with E-state index in [2.05, 4.69) is 6.92 Å². The van der Waals surface area contributed by atoms with Crippen LogP contribution >= 0.6 is 0 Å². The maximum atomic E-state index is 12.0. The number of benzene rings is 5. The van der Waals surface area contributed by atoms with Gasteiger partial charge in [0, 0.05) is 37.7 Å². The fraction of sp³-hybridized carbons (Fsp3) is 0.382. The molecule has 1 aliphatic rings. The topological polar surface area (TPSA) is 168 Å². The van der Waals surface area contributed by atoms with E-state index in [9.17, 15) is 34.5 Å². The quantitative estimate of drug-likeness (QED) is 0.0463. The lowest BCUT2D eigenvalue weighted by Crippen LogP contribution is -2.01. The summed E-state index contributed by atoms with van der Waals surface area (Å²) in [6.07, 6.45) is 11.9. The van der Waals surface area contributed by atoms with Crippen molar-refractivity contribution in [3.8, 4) is 34.5 Å². The molecule has 5 aromatic carbocycles. The molecular weight excluding hydrogens is 821 g/mol. The maximum Gasteiger partial charge on any atom is 0.231 e. The van der Waals surface area contributed by atoms with Gasteiger partial charge in [-0.05, 0) is 160 Å². The van der Waals surface area contributed by atoms with Crippen molar-refractivity contribution in [2.75, 3.05) is 6.79 Å². The lowest BCUT2D eigenvalue weighted by Gasteiger charge is -2.04. The summed E-state index contributed by atoms with van der Waals surface area (Å²) in [7, 11) is 0. The number of carbonyl (C=O) groups is 4. The minimum absolute atomic E-state index is 0.0470. The number of aryl methyl sites for hydroxylation is 7. The van der Waals surface area contributed by atoms with E-state index in [4.69, 9.17) is 14.6 Å². The molecule has 0 aromatic heterocycles. The Labute approximate surface area is 385 Å². The molecule has 0 radical (unpaired) electrons. The van der Waals surface area contributed by atoms with Crippen LogP contribution in [0.5, 0.6) is 34.5 Å². The summed E-state index contributed by atoms with van der Waals surface area (Å²) in [5.41, 5.74) is 7.54. The molecule has 0 amide bonds. The number of phenols is 4. The highest BCUT2D eigenvalue weighted by Gasteiger charge is 2.13. The normalized spacial score (nSPS) is 10.9. The third kappa shape index (κ3) is 20.8. The molecule has 10 heteroatoms. The van der Waals surface area contributed by atoms with Crippen LogP contribution in [0.15, 0.2) is 97.1 Å². The minimum Gasteiger partial charge on any atom is -0.508 e. The molecule has 4 N–H and O–H groups in total. The second-order valence-corrected chi connectivity index (χ2v) is 16.6. The van der Waals surface area contributed by atoms with Crippen molar-refractivity contribution in [2.24, 2.45) is 0 Å². The van der Waals surface area contributed by atoms with Gasteiger partial charge in [0.05, 0.1) is 0 Å². The van der Waals surface area contributed by atoms with Crippen LogP contribution in [-0.4, -0.2) is 50.4 Å². The predicted molar refractivity (Wildman–Crippen MR) is 257 cm³/mol. The van der Waals surface area contributed by atoms with Crippen LogP contribution in [0.1, 0.15) is 134 Å².